The molecule has 1 spiro atoms. The fourth-order valence-corrected chi connectivity index (χ4v) is 3.01. The molecule has 0 bridgehead atoms. The number of rotatable bonds is 3. The van der Waals surface area contributed by atoms with E-state index < -0.39 is 0 Å². The molecule has 0 aliphatic carbocycles. The van der Waals surface area contributed by atoms with Crippen molar-refractivity contribution >= 4 is 0 Å². The molecule has 17 heavy (non-hydrogen) atoms. The highest BCUT2D eigenvalue weighted by Gasteiger charge is 2.40. The van der Waals surface area contributed by atoms with E-state index in [0.29, 0.717) is 5.92 Å². The van der Waals surface area contributed by atoms with E-state index in [9.17, 15) is 5.11 Å². The summed E-state index contributed by atoms with van der Waals surface area (Å²) < 4.78 is 11.4. The summed E-state index contributed by atoms with van der Waals surface area (Å²) in [5, 5.41) is 10.2. The summed E-state index contributed by atoms with van der Waals surface area (Å²) in [6.45, 7) is 3.14. The molecule has 0 aromatic heterocycles. The van der Waals surface area contributed by atoms with Gasteiger partial charge in [0.25, 0.3) is 0 Å². The molecule has 0 amide bonds. The molecule has 0 saturated carbocycles. The van der Waals surface area contributed by atoms with Crippen molar-refractivity contribution in [1.29, 1.82) is 0 Å². The normalized spacial score (nSPS) is 30.7. The summed E-state index contributed by atoms with van der Waals surface area (Å²) in [7, 11) is 4.01. The highest BCUT2D eigenvalue weighted by Crippen LogP contribution is 2.38. The summed E-state index contributed by atoms with van der Waals surface area (Å²) in [4.78, 5) is 2.05. The minimum absolute atomic E-state index is 0.00550. The highest BCUT2D eigenvalue weighted by molar-refractivity contribution is 4.91. The lowest BCUT2D eigenvalue weighted by molar-refractivity contribution is -0.159. The minimum atomic E-state index is -0.228. The van der Waals surface area contributed by atoms with Crippen LogP contribution in [0.25, 0.3) is 0 Å². The molecule has 4 nitrogen and oxygen atoms in total. The van der Waals surface area contributed by atoms with Gasteiger partial charge in [0, 0.05) is 26.4 Å². The molecular weight excluding hydrogens is 218 g/mol. The van der Waals surface area contributed by atoms with Crippen molar-refractivity contribution in [2.24, 2.45) is 5.92 Å². The molecule has 1 N–H and O–H groups in total. The molecule has 2 aliphatic heterocycles. The molecule has 2 aliphatic rings. The molecular formula is C13H25NO3. The van der Waals surface area contributed by atoms with E-state index in [1.807, 2.05) is 14.1 Å². The second-order valence-corrected chi connectivity index (χ2v) is 5.73. The summed E-state index contributed by atoms with van der Waals surface area (Å²) in [6.07, 6.45) is 3.72. The first-order valence-corrected chi connectivity index (χ1v) is 6.66. The molecule has 2 heterocycles. The second kappa shape index (κ2) is 5.65. The van der Waals surface area contributed by atoms with Crippen LogP contribution in [0.15, 0.2) is 0 Å². The molecule has 100 valence electrons. The molecule has 0 aromatic rings. The maximum Gasteiger partial charge on any atom is 0.0730 e. The lowest BCUT2D eigenvalue weighted by Gasteiger charge is -2.44. The van der Waals surface area contributed by atoms with E-state index in [1.54, 1.807) is 0 Å². The molecule has 4 heteroatoms. The third-order valence-corrected chi connectivity index (χ3v) is 4.03. The van der Waals surface area contributed by atoms with Gasteiger partial charge in [0.05, 0.1) is 11.7 Å². The van der Waals surface area contributed by atoms with Gasteiger partial charge < -0.3 is 19.5 Å². The van der Waals surface area contributed by atoms with Gasteiger partial charge in [-0.05, 0) is 45.7 Å². The maximum atomic E-state index is 10.2. The Morgan fingerprint density at radius 3 is 2.65 bits per heavy atom. The van der Waals surface area contributed by atoms with E-state index in [1.165, 1.54) is 0 Å². The van der Waals surface area contributed by atoms with Crippen LogP contribution in [0.2, 0.25) is 0 Å². The third kappa shape index (κ3) is 3.41. The first-order valence-electron chi connectivity index (χ1n) is 6.66. The van der Waals surface area contributed by atoms with E-state index in [4.69, 9.17) is 9.47 Å². The first kappa shape index (κ1) is 13.3. The quantitative estimate of drug-likeness (QED) is 0.799. The standard InChI is InChI=1S/C13H25NO3/c1-14(2)10-12(15)11-3-6-17-13(9-11)4-7-16-8-5-13/h11-12,15H,3-10H2,1-2H3. The SMILES string of the molecule is CN(C)CC(O)C1CCOC2(CCOCC2)C1. The third-order valence-electron chi connectivity index (χ3n) is 4.03. The van der Waals surface area contributed by atoms with Crippen molar-refractivity contribution in [1.82, 2.24) is 4.90 Å². The van der Waals surface area contributed by atoms with Gasteiger partial charge in [-0.1, -0.05) is 0 Å². The van der Waals surface area contributed by atoms with Gasteiger partial charge in [-0.25, -0.2) is 0 Å². The van der Waals surface area contributed by atoms with Gasteiger partial charge in [0.2, 0.25) is 0 Å². The zero-order chi connectivity index (χ0) is 12.3. The number of likely N-dealkylation sites (N-methyl/N-ethyl adjacent to an activating group) is 1. The van der Waals surface area contributed by atoms with Crippen LogP contribution in [0.3, 0.4) is 0 Å². The van der Waals surface area contributed by atoms with Gasteiger partial charge in [0.15, 0.2) is 0 Å². The smallest absolute Gasteiger partial charge is 0.0730 e. The average molecular weight is 243 g/mol. The molecule has 2 atom stereocenters. The Labute approximate surface area is 104 Å². The second-order valence-electron chi connectivity index (χ2n) is 5.73. The van der Waals surface area contributed by atoms with Crippen molar-refractivity contribution in [3.8, 4) is 0 Å². The minimum Gasteiger partial charge on any atom is -0.392 e. The largest absolute Gasteiger partial charge is 0.392 e. The monoisotopic (exact) mass is 243 g/mol. The van der Waals surface area contributed by atoms with Crippen molar-refractivity contribution in [2.45, 2.75) is 37.4 Å². The number of nitrogens with zero attached hydrogens (tertiary/aromatic N) is 1. The van der Waals surface area contributed by atoms with Crippen LogP contribution in [-0.2, 0) is 9.47 Å². The number of aliphatic hydroxyl groups excluding tert-OH is 1. The van der Waals surface area contributed by atoms with Crippen LogP contribution in [0, 0.1) is 5.92 Å². The first-order chi connectivity index (χ1) is 8.11. The van der Waals surface area contributed by atoms with Crippen LogP contribution in [0.5, 0.6) is 0 Å². The van der Waals surface area contributed by atoms with Crippen molar-refractivity contribution in [2.75, 3.05) is 40.5 Å². The van der Waals surface area contributed by atoms with Crippen molar-refractivity contribution in [3.05, 3.63) is 0 Å². The van der Waals surface area contributed by atoms with Gasteiger partial charge in [-0.15, -0.1) is 0 Å². The Morgan fingerprint density at radius 2 is 2.00 bits per heavy atom. The Morgan fingerprint density at radius 1 is 1.29 bits per heavy atom. The summed E-state index contributed by atoms with van der Waals surface area (Å²) >= 11 is 0. The Hall–Kier alpha value is -0.160. The van der Waals surface area contributed by atoms with E-state index in [2.05, 4.69) is 4.90 Å². The maximum absolute atomic E-state index is 10.2. The Bertz CT molecular complexity index is 233. The van der Waals surface area contributed by atoms with E-state index >= 15 is 0 Å². The molecule has 2 rings (SSSR count). The van der Waals surface area contributed by atoms with Crippen LogP contribution in [-0.4, -0.2) is 62.2 Å². The zero-order valence-corrected chi connectivity index (χ0v) is 11.0. The molecule has 2 saturated heterocycles. The Balaban J connectivity index is 1.91. The van der Waals surface area contributed by atoms with Gasteiger partial charge in [-0.2, -0.15) is 0 Å². The van der Waals surface area contributed by atoms with Crippen LogP contribution in [0.1, 0.15) is 25.7 Å². The van der Waals surface area contributed by atoms with Gasteiger partial charge in [-0.3, -0.25) is 0 Å². The number of aliphatic hydroxyl groups is 1. The topological polar surface area (TPSA) is 41.9 Å². The van der Waals surface area contributed by atoms with E-state index in [0.717, 1.165) is 52.0 Å². The fourth-order valence-electron chi connectivity index (χ4n) is 3.01. The number of ether oxygens (including phenoxy) is 2. The predicted octanol–water partition coefficient (Wildman–Crippen LogP) is 0.885. The van der Waals surface area contributed by atoms with Crippen LogP contribution < -0.4 is 0 Å². The lowest BCUT2D eigenvalue weighted by atomic mass is 9.78. The molecule has 0 radical (unpaired) electrons. The zero-order valence-electron chi connectivity index (χ0n) is 11.0. The van der Waals surface area contributed by atoms with E-state index in [-0.39, 0.29) is 11.7 Å². The summed E-state index contributed by atoms with van der Waals surface area (Å²) in [5.74, 6) is 0.379. The summed E-state index contributed by atoms with van der Waals surface area (Å²) in [6, 6.07) is 0. The molecule has 2 unspecified atom stereocenters. The van der Waals surface area contributed by atoms with Crippen molar-refractivity contribution in [3.63, 3.8) is 0 Å². The lowest BCUT2D eigenvalue weighted by Crippen LogP contribution is -2.48. The highest BCUT2D eigenvalue weighted by atomic mass is 16.5. The predicted molar refractivity (Wildman–Crippen MR) is 66.0 cm³/mol. The summed E-state index contributed by atoms with van der Waals surface area (Å²) in [5.41, 5.74) is -0.00550. The molecule has 2 fully saturated rings. The fraction of sp³-hybridized carbons (Fsp3) is 1.00. The van der Waals surface area contributed by atoms with Crippen LogP contribution >= 0.6 is 0 Å². The Kier molecular flexibility index (Phi) is 4.42. The van der Waals surface area contributed by atoms with Gasteiger partial charge >= 0.3 is 0 Å². The average Bonchev–Trinajstić information content (AvgIpc) is 2.29. The molecule has 0 aromatic carbocycles. The number of hydrogen-bond acceptors (Lipinski definition) is 4. The van der Waals surface area contributed by atoms with Crippen molar-refractivity contribution < 1.29 is 14.6 Å². The van der Waals surface area contributed by atoms with Crippen LogP contribution in [0.4, 0.5) is 0 Å². The van der Waals surface area contributed by atoms with Gasteiger partial charge in [0.1, 0.15) is 0 Å². The number of hydrogen-bond donors (Lipinski definition) is 1.